The maximum absolute atomic E-state index is 10.8. The van der Waals surface area contributed by atoms with Crippen LogP contribution in [0.25, 0.3) is 0 Å². The molecule has 0 unspecified atom stereocenters. The van der Waals surface area contributed by atoms with Gasteiger partial charge in [-0.1, -0.05) is 11.6 Å². The number of ether oxygens (including phenoxy) is 1. The summed E-state index contributed by atoms with van der Waals surface area (Å²) in [5.41, 5.74) is -0.0132. The van der Waals surface area contributed by atoms with Gasteiger partial charge in [-0.25, -0.2) is 4.79 Å². The summed E-state index contributed by atoms with van der Waals surface area (Å²) >= 11 is 10.6. The first-order valence-corrected chi connectivity index (χ1v) is 5.12. The molecule has 86 valence electrons. The lowest BCUT2D eigenvalue weighted by molar-refractivity contribution is 0.0697. The second kappa shape index (κ2) is 5.14. The molecule has 0 radical (unpaired) electrons. The highest BCUT2D eigenvalue weighted by atomic mass is 35.5. The lowest BCUT2D eigenvalue weighted by Gasteiger charge is -2.14. The average Bonchev–Trinajstić information content (AvgIpc) is 2.20. The van der Waals surface area contributed by atoms with Gasteiger partial charge < -0.3 is 14.7 Å². The molecule has 0 spiro atoms. The maximum atomic E-state index is 10.8. The number of carboxylic acids is 1. The van der Waals surface area contributed by atoms with E-state index in [1.807, 2.05) is 0 Å². The molecule has 0 bridgehead atoms. The first kappa shape index (κ1) is 12.7. The van der Waals surface area contributed by atoms with Gasteiger partial charge >= 0.3 is 5.97 Å². The van der Waals surface area contributed by atoms with Crippen molar-refractivity contribution in [1.29, 1.82) is 0 Å². The van der Waals surface area contributed by atoms with Gasteiger partial charge in [0.1, 0.15) is 5.75 Å². The number of halogens is 1. The van der Waals surface area contributed by atoms with Crippen molar-refractivity contribution in [1.82, 2.24) is 4.90 Å². The minimum Gasteiger partial charge on any atom is -0.478 e. The van der Waals surface area contributed by atoms with Gasteiger partial charge in [0.15, 0.2) is 0 Å². The summed E-state index contributed by atoms with van der Waals surface area (Å²) in [7, 11) is 3.46. The molecule has 0 atom stereocenters. The molecule has 0 amide bonds. The highest BCUT2D eigenvalue weighted by Gasteiger charge is 2.11. The fraction of sp³-hybridized carbons (Fsp3) is 0.200. The monoisotopic (exact) mass is 259 g/mol. The Morgan fingerprint density at radius 3 is 2.62 bits per heavy atom. The first-order valence-electron chi connectivity index (χ1n) is 4.34. The molecule has 0 saturated carbocycles. The van der Waals surface area contributed by atoms with Crippen LogP contribution in [-0.2, 0) is 0 Å². The van der Waals surface area contributed by atoms with Crippen molar-refractivity contribution in [3.63, 3.8) is 0 Å². The third-order valence-corrected chi connectivity index (χ3v) is 2.52. The SMILES string of the molecule is CN(C)C(=S)Oc1ccc(Cl)c(C(=O)O)c1. The van der Waals surface area contributed by atoms with Gasteiger partial charge in [0.25, 0.3) is 5.17 Å². The Balaban J connectivity index is 2.95. The molecule has 0 saturated heterocycles. The molecular weight excluding hydrogens is 250 g/mol. The van der Waals surface area contributed by atoms with E-state index < -0.39 is 5.97 Å². The van der Waals surface area contributed by atoms with Crippen molar-refractivity contribution in [2.24, 2.45) is 0 Å². The zero-order chi connectivity index (χ0) is 12.3. The highest BCUT2D eigenvalue weighted by molar-refractivity contribution is 7.80. The van der Waals surface area contributed by atoms with E-state index in [-0.39, 0.29) is 15.8 Å². The van der Waals surface area contributed by atoms with Crippen molar-refractivity contribution < 1.29 is 14.6 Å². The summed E-state index contributed by atoms with van der Waals surface area (Å²) in [6, 6.07) is 4.35. The predicted octanol–water partition coefficient (Wildman–Crippen LogP) is 2.26. The molecule has 0 fully saturated rings. The summed E-state index contributed by atoms with van der Waals surface area (Å²) in [4.78, 5) is 12.4. The van der Waals surface area contributed by atoms with Crippen LogP contribution < -0.4 is 4.74 Å². The molecule has 0 aliphatic carbocycles. The molecule has 1 aromatic rings. The molecule has 1 N–H and O–H groups in total. The van der Waals surface area contributed by atoms with Crippen LogP contribution in [0.4, 0.5) is 0 Å². The molecule has 0 heterocycles. The third-order valence-electron chi connectivity index (χ3n) is 1.74. The minimum absolute atomic E-state index is 0.0132. The zero-order valence-corrected chi connectivity index (χ0v) is 10.3. The summed E-state index contributed by atoms with van der Waals surface area (Å²) in [6.07, 6.45) is 0. The number of hydrogen-bond donors (Lipinski definition) is 1. The number of carboxylic acid groups (broad SMARTS) is 1. The normalized spacial score (nSPS) is 9.69. The Morgan fingerprint density at radius 1 is 1.50 bits per heavy atom. The Hall–Kier alpha value is -1.33. The number of nitrogens with zero attached hydrogens (tertiary/aromatic N) is 1. The van der Waals surface area contributed by atoms with E-state index in [4.69, 9.17) is 33.7 Å². The van der Waals surface area contributed by atoms with Crippen molar-refractivity contribution in [2.45, 2.75) is 0 Å². The van der Waals surface area contributed by atoms with Crippen molar-refractivity contribution >= 4 is 35.0 Å². The van der Waals surface area contributed by atoms with Crippen LogP contribution in [-0.4, -0.2) is 35.2 Å². The lowest BCUT2D eigenvalue weighted by Crippen LogP contribution is -2.25. The van der Waals surface area contributed by atoms with Crippen LogP contribution in [0.15, 0.2) is 18.2 Å². The number of hydrogen-bond acceptors (Lipinski definition) is 3. The maximum Gasteiger partial charge on any atom is 0.337 e. The number of carbonyl (C=O) groups is 1. The van der Waals surface area contributed by atoms with Gasteiger partial charge in [-0.05, 0) is 30.4 Å². The Bertz CT molecular complexity index is 434. The van der Waals surface area contributed by atoms with Crippen LogP contribution >= 0.6 is 23.8 Å². The van der Waals surface area contributed by atoms with Gasteiger partial charge in [0.2, 0.25) is 0 Å². The molecule has 16 heavy (non-hydrogen) atoms. The molecule has 0 aliphatic heterocycles. The summed E-state index contributed by atoms with van der Waals surface area (Å²) in [6.45, 7) is 0. The molecule has 0 aliphatic rings. The van der Waals surface area contributed by atoms with E-state index in [2.05, 4.69) is 0 Å². The van der Waals surface area contributed by atoms with E-state index in [9.17, 15) is 4.79 Å². The van der Waals surface area contributed by atoms with Crippen LogP contribution in [0.1, 0.15) is 10.4 Å². The van der Waals surface area contributed by atoms with Gasteiger partial charge in [0.05, 0.1) is 10.6 Å². The Kier molecular flexibility index (Phi) is 4.09. The van der Waals surface area contributed by atoms with Gasteiger partial charge in [-0.3, -0.25) is 0 Å². The topological polar surface area (TPSA) is 49.8 Å². The van der Waals surface area contributed by atoms with Crippen LogP contribution in [0.3, 0.4) is 0 Å². The van der Waals surface area contributed by atoms with Gasteiger partial charge in [-0.2, -0.15) is 0 Å². The molecule has 0 aromatic heterocycles. The van der Waals surface area contributed by atoms with E-state index in [0.717, 1.165) is 0 Å². The zero-order valence-electron chi connectivity index (χ0n) is 8.73. The van der Waals surface area contributed by atoms with Crippen LogP contribution in [0.2, 0.25) is 5.02 Å². The quantitative estimate of drug-likeness (QED) is 0.826. The number of thiocarbonyl (C=S) groups is 1. The third kappa shape index (κ3) is 3.08. The smallest absolute Gasteiger partial charge is 0.337 e. The van der Waals surface area contributed by atoms with Crippen LogP contribution in [0, 0.1) is 0 Å². The molecule has 1 aromatic carbocycles. The highest BCUT2D eigenvalue weighted by Crippen LogP contribution is 2.22. The van der Waals surface area contributed by atoms with Crippen molar-refractivity contribution in [3.8, 4) is 5.75 Å². The summed E-state index contributed by atoms with van der Waals surface area (Å²) < 4.78 is 5.26. The van der Waals surface area contributed by atoms with E-state index in [0.29, 0.717) is 5.75 Å². The van der Waals surface area contributed by atoms with Gasteiger partial charge in [0, 0.05) is 14.1 Å². The number of rotatable bonds is 2. The fourth-order valence-electron chi connectivity index (χ4n) is 0.924. The molecule has 4 nitrogen and oxygen atoms in total. The van der Waals surface area contributed by atoms with E-state index >= 15 is 0 Å². The number of benzene rings is 1. The summed E-state index contributed by atoms with van der Waals surface area (Å²) in [5.74, 6) is -0.758. The largest absolute Gasteiger partial charge is 0.478 e. The predicted molar refractivity (Wildman–Crippen MR) is 65.3 cm³/mol. The standard InChI is InChI=1S/C10H10ClNO3S/c1-12(2)10(16)15-6-3-4-8(11)7(5-6)9(13)14/h3-5H,1-2H3,(H,13,14). The molecule has 6 heteroatoms. The Labute approximate surface area is 103 Å². The van der Waals surface area contributed by atoms with Crippen LogP contribution in [0.5, 0.6) is 5.75 Å². The minimum atomic E-state index is -1.11. The average molecular weight is 260 g/mol. The first-order chi connectivity index (χ1) is 7.41. The lowest BCUT2D eigenvalue weighted by atomic mass is 10.2. The van der Waals surface area contributed by atoms with Crippen molar-refractivity contribution in [3.05, 3.63) is 28.8 Å². The summed E-state index contributed by atoms with van der Waals surface area (Å²) in [5, 5.41) is 9.26. The molecule has 1 rings (SSSR count). The van der Waals surface area contributed by atoms with Crippen molar-refractivity contribution in [2.75, 3.05) is 14.1 Å². The van der Waals surface area contributed by atoms with Gasteiger partial charge in [-0.15, -0.1) is 0 Å². The fourth-order valence-corrected chi connectivity index (χ4v) is 1.22. The second-order valence-corrected chi connectivity index (χ2v) is 3.97. The van der Waals surface area contributed by atoms with E-state index in [1.165, 1.54) is 12.1 Å². The number of aromatic carboxylic acids is 1. The van der Waals surface area contributed by atoms with E-state index in [1.54, 1.807) is 25.1 Å². The second-order valence-electron chi connectivity index (χ2n) is 3.21. The molecular formula is C10H10ClNO3S. The Morgan fingerprint density at radius 2 is 2.12 bits per heavy atom.